The molecule has 0 saturated heterocycles. The molecule has 1 fully saturated rings. The van der Waals surface area contributed by atoms with Gasteiger partial charge < -0.3 is 10.1 Å². The van der Waals surface area contributed by atoms with Crippen LogP contribution in [0.4, 0.5) is 5.69 Å². The standard InChI is InChI=1S/C26H30N2O2/c1-28(23-12-3-2-4-13-23)18-22-11-7-8-14-25(22)27-26(29)19-30-24-16-15-20-9-5-6-10-21(20)17-24/h5-11,14-17,23H,2-4,12-13,18-19H2,1H3,(H,27,29). The van der Waals surface area contributed by atoms with Crippen LogP contribution in [-0.2, 0) is 11.3 Å². The van der Waals surface area contributed by atoms with Crippen LogP contribution < -0.4 is 10.1 Å². The highest BCUT2D eigenvalue weighted by molar-refractivity contribution is 5.92. The minimum absolute atomic E-state index is 0.00879. The summed E-state index contributed by atoms with van der Waals surface area (Å²) in [7, 11) is 2.19. The van der Waals surface area contributed by atoms with Crippen LogP contribution in [0.2, 0.25) is 0 Å². The summed E-state index contributed by atoms with van der Waals surface area (Å²) in [4.78, 5) is 15.0. The normalized spacial score (nSPS) is 14.7. The molecule has 1 N–H and O–H groups in total. The number of ether oxygens (including phenoxy) is 1. The molecule has 0 heterocycles. The van der Waals surface area contributed by atoms with Gasteiger partial charge in [0.25, 0.3) is 5.91 Å². The van der Waals surface area contributed by atoms with E-state index in [0.717, 1.165) is 28.6 Å². The van der Waals surface area contributed by atoms with E-state index in [1.165, 1.54) is 32.1 Å². The monoisotopic (exact) mass is 402 g/mol. The van der Waals surface area contributed by atoms with Crippen molar-refractivity contribution in [2.75, 3.05) is 19.0 Å². The first kappa shape index (κ1) is 20.4. The van der Waals surface area contributed by atoms with Crippen molar-refractivity contribution in [1.82, 2.24) is 4.90 Å². The van der Waals surface area contributed by atoms with Gasteiger partial charge in [0.05, 0.1) is 0 Å². The Morgan fingerprint density at radius 3 is 2.53 bits per heavy atom. The average molecular weight is 403 g/mol. The second kappa shape index (κ2) is 9.77. The molecular formula is C26H30N2O2. The van der Waals surface area contributed by atoms with Gasteiger partial charge in [-0.25, -0.2) is 0 Å². The van der Waals surface area contributed by atoms with Crippen molar-refractivity contribution < 1.29 is 9.53 Å². The van der Waals surface area contributed by atoms with Crippen molar-refractivity contribution in [2.45, 2.75) is 44.7 Å². The number of benzene rings is 3. The first-order chi connectivity index (χ1) is 14.7. The van der Waals surface area contributed by atoms with Crippen molar-refractivity contribution in [2.24, 2.45) is 0 Å². The Morgan fingerprint density at radius 2 is 1.70 bits per heavy atom. The number of carbonyl (C=O) groups is 1. The zero-order chi connectivity index (χ0) is 20.8. The summed E-state index contributed by atoms with van der Waals surface area (Å²) < 4.78 is 5.74. The fourth-order valence-corrected chi connectivity index (χ4v) is 4.29. The van der Waals surface area contributed by atoms with Crippen LogP contribution >= 0.6 is 0 Å². The second-order valence-corrected chi connectivity index (χ2v) is 8.21. The van der Waals surface area contributed by atoms with Crippen molar-refractivity contribution in [1.29, 1.82) is 0 Å². The number of rotatable bonds is 7. The van der Waals surface area contributed by atoms with E-state index >= 15 is 0 Å². The van der Waals surface area contributed by atoms with Gasteiger partial charge in [0.15, 0.2) is 6.61 Å². The number of hydrogen-bond acceptors (Lipinski definition) is 3. The summed E-state index contributed by atoms with van der Waals surface area (Å²) in [5.74, 6) is 0.560. The molecule has 4 heteroatoms. The van der Waals surface area contributed by atoms with E-state index in [4.69, 9.17) is 4.74 Å². The molecule has 0 spiro atoms. The van der Waals surface area contributed by atoms with Gasteiger partial charge in [-0.05, 0) is 54.4 Å². The van der Waals surface area contributed by atoms with Crippen LogP contribution in [-0.4, -0.2) is 30.5 Å². The summed E-state index contributed by atoms with van der Waals surface area (Å²) >= 11 is 0. The molecule has 0 unspecified atom stereocenters. The number of anilines is 1. The summed E-state index contributed by atoms with van der Waals surface area (Å²) in [6, 6.07) is 22.7. The molecule has 3 aromatic rings. The Morgan fingerprint density at radius 1 is 0.967 bits per heavy atom. The Bertz CT molecular complexity index is 995. The maximum Gasteiger partial charge on any atom is 0.262 e. The lowest BCUT2D eigenvalue weighted by atomic mass is 9.94. The summed E-state index contributed by atoms with van der Waals surface area (Å²) in [5, 5.41) is 5.30. The smallest absolute Gasteiger partial charge is 0.262 e. The number of hydrogen-bond donors (Lipinski definition) is 1. The number of nitrogens with zero attached hydrogens (tertiary/aromatic N) is 1. The fourth-order valence-electron chi connectivity index (χ4n) is 4.29. The van der Waals surface area contributed by atoms with Crippen LogP contribution in [0, 0.1) is 0 Å². The lowest BCUT2D eigenvalue weighted by Crippen LogP contribution is -2.33. The highest BCUT2D eigenvalue weighted by Gasteiger charge is 2.19. The highest BCUT2D eigenvalue weighted by Crippen LogP contribution is 2.25. The molecule has 1 saturated carbocycles. The Hall–Kier alpha value is -2.85. The van der Waals surface area contributed by atoms with Crippen LogP contribution in [0.3, 0.4) is 0 Å². The van der Waals surface area contributed by atoms with E-state index in [0.29, 0.717) is 11.8 Å². The molecule has 0 aliphatic heterocycles. The zero-order valence-electron chi connectivity index (χ0n) is 17.6. The molecule has 156 valence electrons. The van der Waals surface area contributed by atoms with Crippen LogP contribution in [0.5, 0.6) is 5.75 Å². The molecule has 1 amide bonds. The van der Waals surface area contributed by atoms with E-state index in [2.05, 4.69) is 29.4 Å². The second-order valence-electron chi connectivity index (χ2n) is 8.21. The SMILES string of the molecule is CN(Cc1ccccc1NC(=O)COc1ccc2ccccc2c1)C1CCCCC1. The lowest BCUT2D eigenvalue weighted by molar-refractivity contribution is -0.118. The van der Waals surface area contributed by atoms with Gasteiger partial charge in [-0.1, -0.05) is 67.8 Å². The molecule has 1 aliphatic carbocycles. The molecule has 0 radical (unpaired) electrons. The van der Waals surface area contributed by atoms with Gasteiger partial charge in [0, 0.05) is 18.3 Å². The third kappa shape index (κ3) is 5.19. The largest absolute Gasteiger partial charge is 0.484 e. The third-order valence-electron chi connectivity index (χ3n) is 6.00. The highest BCUT2D eigenvalue weighted by atomic mass is 16.5. The number of fused-ring (bicyclic) bond motifs is 1. The molecule has 30 heavy (non-hydrogen) atoms. The molecule has 4 rings (SSSR count). The first-order valence-corrected chi connectivity index (χ1v) is 10.9. The van der Waals surface area contributed by atoms with Crippen LogP contribution in [0.25, 0.3) is 10.8 Å². The maximum absolute atomic E-state index is 12.5. The van der Waals surface area contributed by atoms with E-state index in [-0.39, 0.29) is 12.5 Å². The predicted octanol–water partition coefficient (Wildman–Crippen LogP) is 5.62. The summed E-state index contributed by atoms with van der Waals surface area (Å²) in [6.07, 6.45) is 6.53. The number of nitrogens with one attached hydrogen (secondary N) is 1. The maximum atomic E-state index is 12.5. The minimum Gasteiger partial charge on any atom is -0.484 e. The molecule has 3 aromatic carbocycles. The van der Waals surface area contributed by atoms with Gasteiger partial charge in [0.1, 0.15) is 5.75 Å². The van der Waals surface area contributed by atoms with Crippen molar-refractivity contribution in [3.05, 3.63) is 72.3 Å². The first-order valence-electron chi connectivity index (χ1n) is 10.9. The lowest BCUT2D eigenvalue weighted by Gasteiger charge is -2.31. The third-order valence-corrected chi connectivity index (χ3v) is 6.00. The van der Waals surface area contributed by atoms with Crippen molar-refractivity contribution in [3.8, 4) is 5.75 Å². The van der Waals surface area contributed by atoms with Gasteiger partial charge in [-0.2, -0.15) is 0 Å². The van der Waals surface area contributed by atoms with Gasteiger partial charge in [0.2, 0.25) is 0 Å². The molecular weight excluding hydrogens is 372 g/mol. The van der Waals surface area contributed by atoms with Crippen LogP contribution in [0.1, 0.15) is 37.7 Å². The number of amides is 1. The van der Waals surface area contributed by atoms with Gasteiger partial charge in [-0.15, -0.1) is 0 Å². The van der Waals surface area contributed by atoms with E-state index in [1.54, 1.807) is 0 Å². The Kier molecular flexibility index (Phi) is 6.65. The van der Waals surface area contributed by atoms with Crippen molar-refractivity contribution in [3.63, 3.8) is 0 Å². The molecule has 4 nitrogen and oxygen atoms in total. The summed E-state index contributed by atoms with van der Waals surface area (Å²) in [6.45, 7) is 0.831. The molecule has 0 aromatic heterocycles. The van der Waals surface area contributed by atoms with E-state index in [1.807, 2.05) is 54.6 Å². The molecule has 0 atom stereocenters. The van der Waals surface area contributed by atoms with Crippen molar-refractivity contribution >= 4 is 22.4 Å². The predicted molar refractivity (Wildman–Crippen MR) is 123 cm³/mol. The topological polar surface area (TPSA) is 41.6 Å². The quantitative estimate of drug-likeness (QED) is 0.557. The van der Waals surface area contributed by atoms with Gasteiger partial charge >= 0.3 is 0 Å². The molecule has 1 aliphatic rings. The number of carbonyl (C=O) groups excluding carboxylic acids is 1. The van der Waals surface area contributed by atoms with E-state index < -0.39 is 0 Å². The van der Waals surface area contributed by atoms with Crippen LogP contribution in [0.15, 0.2) is 66.7 Å². The number of para-hydroxylation sites is 1. The Balaban J connectivity index is 1.35. The van der Waals surface area contributed by atoms with E-state index in [9.17, 15) is 4.79 Å². The summed E-state index contributed by atoms with van der Waals surface area (Å²) in [5.41, 5.74) is 2.01. The Labute approximate surface area is 178 Å². The average Bonchev–Trinajstić information content (AvgIpc) is 2.79. The fraction of sp³-hybridized carbons (Fsp3) is 0.346. The molecule has 0 bridgehead atoms. The minimum atomic E-state index is -0.143. The van der Waals surface area contributed by atoms with Gasteiger partial charge in [-0.3, -0.25) is 9.69 Å². The zero-order valence-corrected chi connectivity index (χ0v) is 17.6.